The summed E-state index contributed by atoms with van der Waals surface area (Å²) < 4.78 is 5.30. The minimum absolute atomic E-state index is 0.283. The predicted octanol–water partition coefficient (Wildman–Crippen LogP) is 3.13. The van der Waals surface area contributed by atoms with Crippen molar-refractivity contribution in [2.45, 2.75) is 58.0 Å². The van der Waals surface area contributed by atoms with Crippen LogP contribution in [0, 0.1) is 0 Å². The Morgan fingerprint density at radius 3 is 2.55 bits per heavy atom. The molecule has 0 amide bonds. The lowest BCUT2D eigenvalue weighted by Crippen LogP contribution is -2.49. The van der Waals surface area contributed by atoms with Gasteiger partial charge in [-0.15, -0.1) is 0 Å². The molecule has 1 saturated heterocycles. The largest absolute Gasteiger partial charge is 0.356 e. The molecule has 0 bridgehead atoms. The van der Waals surface area contributed by atoms with Crippen LogP contribution >= 0.6 is 0 Å². The number of hydrogen-bond acceptors (Lipinski definition) is 5. The third kappa shape index (κ3) is 6.03. The summed E-state index contributed by atoms with van der Waals surface area (Å²) in [7, 11) is 1.81. The van der Waals surface area contributed by atoms with E-state index in [4.69, 9.17) is 4.52 Å². The maximum absolute atomic E-state index is 5.30. The molecule has 29 heavy (non-hydrogen) atoms. The molecule has 1 unspecified atom stereocenters. The fourth-order valence-electron chi connectivity index (χ4n) is 3.65. The summed E-state index contributed by atoms with van der Waals surface area (Å²) in [5.41, 5.74) is 1.39. The highest BCUT2D eigenvalue weighted by Crippen LogP contribution is 2.23. The molecule has 1 aliphatic heterocycles. The average Bonchev–Trinajstić information content (AvgIpc) is 3.23. The number of rotatable bonds is 7. The first-order valence-corrected chi connectivity index (χ1v) is 10.7. The van der Waals surface area contributed by atoms with Gasteiger partial charge < -0.3 is 15.2 Å². The standard InChI is InChI=1S/C22H34N6O/c1-16(2)21-26-20(29-27-21)10-13-24-22(23-4)25-19-11-14-28(15-12-19)17(3)18-8-6-5-7-9-18/h5-9,16-17,19H,10-15H2,1-4H3,(H2,23,24,25). The summed E-state index contributed by atoms with van der Waals surface area (Å²) in [4.78, 5) is 11.3. The predicted molar refractivity (Wildman–Crippen MR) is 116 cm³/mol. The first-order chi connectivity index (χ1) is 14.1. The van der Waals surface area contributed by atoms with Gasteiger partial charge in [-0.2, -0.15) is 4.98 Å². The minimum Gasteiger partial charge on any atom is -0.356 e. The van der Waals surface area contributed by atoms with Crippen molar-refractivity contribution >= 4 is 5.96 Å². The molecular formula is C22H34N6O. The molecule has 0 saturated carbocycles. The van der Waals surface area contributed by atoms with Crippen molar-refractivity contribution in [1.29, 1.82) is 0 Å². The summed E-state index contributed by atoms with van der Waals surface area (Å²) in [5, 5.41) is 10.9. The van der Waals surface area contributed by atoms with Crippen LogP contribution < -0.4 is 10.6 Å². The van der Waals surface area contributed by atoms with Gasteiger partial charge in [-0.25, -0.2) is 0 Å². The Hall–Kier alpha value is -2.41. The van der Waals surface area contributed by atoms with Crippen molar-refractivity contribution in [3.05, 3.63) is 47.6 Å². The van der Waals surface area contributed by atoms with Gasteiger partial charge >= 0.3 is 0 Å². The third-order valence-electron chi connectivity index (χ3n) is 5.56. The molecule has 158 valence electrons. The fourth-order valence-corrected chi connectivity index (χ4v) is 3.65. The number of aromatic nitrogens is 2. The second kappa shape index (κ2) is 10.4. The van der Waals surface area contributed by atoms with Crippen molar-refractivity contribution in [3.63, 3.8) is 0 Å². The molecule has 1 atom stereocenters. The van der Waals surface area contributed by atoms with Crippen LogP contribution in [0.25, 0.3) is 0 Å². The van der Waals surface area contributed by atoms with E-state index in [0.29, 0.717) is 30.9 Å². The van der Waals surface area contributed by atoms with Crippen LogP contribution in [0.4, 0.5) is 0 Å². The Kier molecular flexibility index (Phi) is 7.63. The number of nitrogens with one attached hydrogen (secondary N) is 2. The van der Waals surface area contributed by atoms with E-state index in [1.165, 1.54) is 5.56 Å². The van der Waals surface area contributed by atoms with Gasteiger partial charge in [0.05, 0.1) is 0 Å². The molecule has 1 aliphatic rings. The second-order valence-corrected chi connectivity index (χ2v) is 7.99. The van der Waals surface area contributed by atoms with Crippen molar-refractivity contribution in [3.8, 4) is 0 Å². The quantitative estimate of drug-likeness (QED) is 0.551. The first kappa shape index (κ1) is 21.3. The second-order valence-electron chi connectivity index (χ2n) is 7.99. The summed E-state index contributed by atoms with van der Waals surface area (Å²) in [6, 6.07) is 11.6. The molecule has 2 aromatic rings. The molecule has 1 aromatic carbocycles. The monoisotopic (exact) mass is 398 g/mol. The number of guanidine groups is 1. The Morgan fingerprint density at radius 1 is 1.21 bits per heavy atom. The van der Waals surface area contributed by atoms with Crippen LogP contribution in [0.5, 0.6) is 0 Å². The van der Waals surface area contributed by atoms with Gasteiger partial charge in [-0.05, 0) is 25.3 Å². The molecule has 7 nitrogen and oxygen atoms in total. The number of likely N-dealkylation sites (tertiary alicyclic amines) is 1. The fraction of sp³-hybridized carbons (Fsp3) is 0.591. The smallest absolute Gasteiger partial charge is 0.228 e. The zero-order valence-electron chi connectivity index (χ0n) is 18.1. The van der Waals surface area contributed by atoms with E-state index in [1.54, 1.807) is 0 Å². The van der Waals surface area contributed by atoms with E-state index >= 15 is 0 Å². The van der Waals surface area contributed by atoms with Gasteiger partial charge in [0.25, 0.3) is 0 Å². The average molecular weight is 399 g/mol. The highest BCUT2D eigenvalue weighted by molar-refractivity contribution is 5.79. The zero-order valence-corrected chi connectivity index (χ0v) is 18.1. The summed E-state index contributed by atoms with van der Waals surface area (Å²) in [6.07, 6.45) is 2.91. The molecule has 0 aliphatic carbocycles. The molecule has 1 aromatic heterocycles. The Bertz CT molecular complexity index is 765. The van der Waals surface area contributed by atoms with Crippen LogP contribution in [0.3, 0.4) is 0 Å². The summed E-state index contributed by atoms with van der Waals surface area (Å²) >= 11 is 0. The summed E-state index contributed by atoms with van der Waals surface area (Å²) in [6.45, 7) is 9.31. The minimum atomic E-state index is 0.283. The van der Waals surface area contributed by atoms with Crippen molar-refractivity contribution in [2.75, 3.05) is 26.7 Å². The normalized spacial score (nSPS) is 17.5. The first-order valence-electron chi connectivity index (χ1n) is 10.7. The van der Waals surface area contributed by atoms with Gasteiger partial charge in [0.1, 0.15) is 0 Å². The SMILES string of the molecule is CN=C(NCCc1nc(C(C)C)no1)NC1CCN(C(C)c2ccccc2)CC1. The van der Waals surface area contributed by atoms with E-state index in [9.17, 15) is 0 Å². The van der Waals surface area contributed by atoms with E-state index in [-0.39, 0.29) is 5.92 Å². The van der Waals surface area contributed by atoms with Crippen LogP contribution in [-0.2, 0) is 6.42 Å². The maximum atomic E-state index is 5.30. The third-order valence-corrected chi connectivity index (χ3v) is 5.56. The molecule has 0 radical (unpaired) electrons. The zero-order chi connectivity index (χ0) is 20.6. The lowest BCUT2D eigenvalue weighted by atomic mass is 10.0. The van der Waals surface area contributed by atoms with Gasteiger partial charge in [0, 0.05) is 51.1 Å². The van der Waals surface area contributed by atoms with E-state index in [1.807, 2.05) is 7.05 Å². The Labute approximate surface area is 174 Å². The number of nitrogens with zero attached hydrogens (tertiary/aromatic N) is 4. The number of benzene rings is 1. The van der Waals surface area contributed by atoms with Crippen LogP contribution in [0.2, 0.25) is 0 Å². The number of piperidine rings is 1. The van der Waals surface area contributed by atoms with Gasteiger partial charge in [0.2, 0.25) is 5.89 Å². The summed E-state index contributed by atoms with van der Waals surface area (Å²) in [5.74, 6) is 2.55. The molecule has 0 spiro atoms. The van der Waals surface area contributed by atoms with Crippen molar-refractivity contribution in [1.82, 2.24) is 25.7 Å². The van der Waals surface area contributed by atoms with E-state index < -0.39 is 0 Å². The highest BCUT2D eigenvalue weighted by Gasteiger charge is 2.24. The number of hydrogen-bond donors (Lipinski definition) is 2. The van der Waals surface area contributed by atoms with Crippen molar-refractivity contribution in [2.24, 2.45) is 4.99 Å². The van der Waals surface area contributed by atoms with E-state index in [2.05, 4.69) is 81.8 Å². The Balaban J connectivity index is 1.40. The molecule has 3 rings (SSSR count). The lowest BCUT2D eigenvalue weighted by molar-refractivity contribution is 0.158. The topological polar surface area (TPSA) is 78.6 Å². The van der Waals surface area contributed by atoms with Gasteiger partial charge in [-0.3, -0.25) is 9.89 Å². The number of aliphatic imine (C=N–C) groups is 1. The van der Waals surface area contributed by atoms with Gasteiger partial charge in [-0.1, -0.05) is 49.3 Å². The molecular weight excluding hydrogens is 364 g/mol. The van der Waals surface area contributed by atoms with Crippen molar-refractivity contribution < 1.29 is 4.52 Å². The lowest BCUT2D eigenvalue weighted by Gasteiger charge is -2.37. The van der Waals surface area contributed by atoms with E-state index in [0.717, 1.165) is 37.7 Å². The van der Waals surface area contributed by atoms with Crippen LogP contribution in [-0.4, -0.2) is 53.7 Å². The Morgan fingerprint density at radius 2 is 1.93 bits per heavy atom. The molecule has 2 N–H and O–H groups in total. The molecule has 1 fully saturated rings. The highest BCUT2D eigenvalue weighted by atomic mass is 16.5. The van der Waals surface area contributed by atoms with Crippen LogP contribution in [0.15, 0.2) is 39.8 Å². The van der Waals surface area contributed by atoms with Crippen LogP contribution in [0.1, 0.15) is 62.9 Å². The molecule has 7 heteroatoms. The molecule has 2 heterocycles. The van der Waals surface area contributed by atoms with Gasteiger partial charge in [0.15, 0.2) is 11.8 Å². The maximum Gasteiger partial charge on any atom is 0.228 e.